The predicted octanol–water partition coefficient (Wildman–Crippen LogP) is 2.06. The van der Waals surface area contributed by atoms with Gasteiger partial charge in [-0.25, -0.2) is 9.78 Å². The largest absolute Gasteiger partial charge is 0.463 e. The molecule has 0 fully saturated rings. The van der Waals surface area contributed by atoms with Crippen LogP contribution in [-0.4, -0.2) is 23.8 Å². The number of carbonyl (C=O) groups is 2. The van der Waals surface area contributed by atoms with E-state index >= 15 is 0 Å². The quantitative estimate of drug-likeness (QED) is 0.617. The van der Waals surface area contributed by atoms with E-state index in [1.165, 1.54) is 30.6 Å². The van der Waals surface area contributed by atoms with Gasteiger partial charge in [-0.2, -0.15) is 0 Å². The van der Waals surface area contributed by atoms with E-state index in [9.17, 15) is 9.59 Å². The molecular weight excluding hydrogens is 242 g/mol. The fraction of sp³-hybridized carbons (Fsp3) is 0.182. The molecule has 0 atom stereocenters. The summed E-state index contributed by atoms with van der Waals surface area (Å²) in [7, 11) is 1.25. The van der Waals surface area contributed by atoms with Crippen molar-refractivity contribution in [1.29, 1.82) is 0 Å². The highest BCUT2D eigenvalue weighted by molar-refractivity contribution is 7.09. The summed E-state index contributed by atoms with van der Waals surface area (Å²) in [5.74, 6) is -0.874. The Morgan fingerprint density at radius 2 is 2.06 bits per heavy atom. The molecule has 0 radical (unpaired) electrons. The molecule has 2 aromatic heterocycles. The van der Waals surface area contributed by atoms with E-state index in [0.717, 1.165) is 5.01 Å². The third-order valence-corrected chi connectivity index (χ3v) is 2.84. The summed E-state index contributed by atoms with van der Waals surface area (Å²) in [5.41, 5.74) is 0.318. The first-order chi connectivity index (χ1) is 8.11. The van der Waals surface area contributed by atoms with Crippen molar-refractivity contribution < 1.29 is 18.7 Å². The molecule has 2 aromatic rings. The number of carbonyl (C=O) groups excluding carboxylic acids is 2. The number of nitrogens with zero attached hydrogens (tertiary/aromatic N) is 1. The third kappa shape index (κ3) is 2.26. The number of esters is 1. The second-order valence-corrected chi connectivity index (χ2v) is 4.30. The van der Waals surface area contributed by atoms with Crippen LogP contribution in [0.25, 0.3) is 0 Å². The van der Waals surface area contributed by atoms with Crippen molar-refractivity contribution >= 4 is 23.1 Å². The van der Waals surface area contributed by atoms with E-state index in [1.807, 2.05) is 6.92 Å². The van der Waals surface area contributed by atoms with Gasteiger partial charge in [0.05, 0.1) is 12.1 Å². The number of furan rings is 1. The van der Waals surface area contributed by atoms with Gasteiger partial charge in [0.1, 0.15) is 5.69 Å². The molecular formula is C11H9NO4S. The van der Waals surface area contributed by atoms with Crippen molar-refractivity contribution in [3.8, 4) is 0 Å². The number of ketones is 1. The number of hydrogen-bond donors (Lipinski definition) is 0. The van der Waals surface area contributed by atoms with Crippen molar-refractivity contribution in [2.75, 3.05) is 7.11 Å². The van der Waals surface area contributed by atoms with Gasteiger partial charge in [-0.3, -0.25) is 4.79 Å². The highest BCUT2D eigenvalue weighted by Crippen LogP contribution is 2.16. The van der Waals surface area contributed by atoms with Crippen molar-refractivity contribution in [1.82, 2.24) is 4.98 Å². The zero-order valence-electron chi connectivity index (χ0n) is 9.22. The van der Waals surface area contributed by atoms with Gasteiger partial charge < -0.3 is 9.15 Å². The van der Waals surface area contributed by atoms with Gasteiger partial charge in [0, 0.05) is 5.38 Å². The SMILES string of the molecule is COC(=O)c1ccc(C(=O)c2csc(C)n2)o1. The Hall–Kier alpha value is -1.95. The van der Waals surface area contributed by atoms with E-state index in [0.29, 0.717) is 5.69 Å². The van der Waals surface area contributed by atoms with E-state index in [-0.39, 0.29) is 17.3 Å². The van der Waals surface area contributed by atoms with Crippen molar-refractivity contribution in [3.05, 3.63) is 39.7 Å². The predicted molar refractivity (Wildman–Crippen MR) is 60.3 cm³/mol. The second kappa shape index (κ2) is 4.50. The molecule has 0 aliphatic heterocycles. The number of rotatable bonds is 3. The van der Waals surface area contributed by atoms with E-state index in [1.54, 1.807) is 5.38 Å². The summed E-state index contributed by atoms with van der Waals surface area (Å²) in [6, 6.07) is 2.83. The van der Waals surface area contributed by atoms with Crippen LogP contribution < -0.4 is 0 Å². The Kier molecular flexibility index (Phi) is 3.06. The molecule has 5 nitrogen and oxygen atoms in total. The standard InChI is InChI=1S/C11H9NO4S/c1-6-12-7(5-17-6)10(13)8-3-4-9(16-8)11(14)15-2/h3-5H,1-2H3. The first-order valence-corrected chi connectivity index (χ1v) is 5.64. The summed E-state index contributed by atoms with van der Waals surface area (Å²) < 4.78 is 9.58. The lowest BCUT2D eigenvalue weighted by molar-refractivity contribution is 0.0563. The lowest BCUT2D eigenvalue weighted by Gasteiger charge is -1.93. The normalized spacial score (nSPS) is 10.2. The molecule has 0 spiro atoms. The van der Waals surface area contributed by atoms with Crippen LogP contribution in [0.15, 0.2) is 21.9 Å². The zero-order valence-corrected chi connectivity index (χ0v) is 10.0. The average Bonchev–Trinajstić information content (AvgIpc) is 2.95. The molecule has 0 bridgehead atoms. The molecule has 0 aromatic carbocycles. The second-order valence-electron chi connectivity index (χ2n) is 3.24. The van der Waals surface area contributed by atoms with Crippen LogP contribution in [0.1, 0.15) is 31.8 Å². The van der Waals surface area contributed by atoms with Gasteiger partial charge in [0.2, 0.25) is 11.5 Å². The van der Waals surface area contributed by atoms with Crippen molar-refractivity contribution in [3.63, 3.8) is 0 Å². The van der Waals surface area contributed by atoms with Crippen LogP contribution in [0.2, 0.25) is 0 Å². The number of ether oxygens (including phenoxy) is 1. The van der Waals surface area contributed by atoms with Gasteiger partial charge in [-0.15, -0.1) is 11.3 Å². The minimum absolute atomic E-state index is 0.00259. The third-order valence-electron chi connectivity index (χ3n) is 2.07. The number of aromatic nitrogens is 1. The van der Waals surface area contributed by atoms with Crippen LogP contribution in [-0.2, 0) is 4.74 Å². The van der Waals surface area contributed by atoms with E-state index in [4.69, 9.17) is 4.42 Å². The maximum Gasteiger partial charge on any atom is 0.373 e. The minimum Gasteiger partial charge on any atom is -0.463 e. The maximum atomic E-state index is 11.9. The van der Waals surface area contributed by atoms with Gasteiger partial charge in [0.15, 0.2) is 5.76 Å². The van der Waals surface area contributed by atoms with Crippen LogP contribution in [0, 0.1) is 6.92 Å². The molecule has 0 unspecified atom stereocenters. The molecule has 17 heavy (non-hydrogen) atoms. The highest BCUT2D eigenvalue weighted by Gasteiger charge is 2.19. The Labute approximate surface area is 101 Å². The van der Waals surface area contributed by atoms with Crippen LogP contribution in [0.5, 0.6) is 0 Å². The van der Waals surface area contributed by atoms with Crippen molar-refractivity contribution in [2.45, 2.75) is 6.92 Å². The molecule has 0 N–H and O–H groups in total. The molecule has 0 aliphatic carbocycles. The first kappa shape index (κ1) is 11.5. The number of hydrogen-bond acceptors (Lipinski definition) is 6. The molecule has 0 aliphatic rings. The molecule has 0 saturated carbocycles. The highest BCUT2D eigenvalue weighted by atomic mass is 32.1. The smallest absolute Gasteiger partial charge is 0.373 e. The summed E-state index contributed by atoms with van der Waals surface area (Å²) in [6.45, 7) is 1.81. The summed E-state index contributed by atoms with van der Waals surface area (Å²) in [5, 5.41) is 2.45. The Morgan fingerprint density at radius 1 is 1.35 bits per heavy atom. The van der Waals surface area contributed by atoms with Gasteiger partial charge in [-0.1, -0.05) is 0 Å². The monoisotopic (exact) mass is 251 g/mol. The Balaban J connectivity index is 2.26. The van der Waals surface area contributed by atoms with Gasteiger partial charge >= 0.3 is 5.97 Å². The summed E-state index contributed by atoms with van der Waals surface area (Å²) in [4.78, 5) is 27.1. The first-order valence-electron chi connectivity index (χ1n) is 4.77. The summed E-state index contributed by atoms with van der Waals surface area (Å²) >= 11 is 1.38. The maximum absolute atomic E-state index is 11.9. The fourth-order valence-corrected chi connectivity index (χ4v) is 1.86. The van der Waals surface area contributed by atoms with Gasteiger partial charge in [-0.05, 0) is 19.1 Å². The lowest BCUT2D eigenvalue weighted by atomic mass is 10.2. The minimum atomic E-state index is -0.612. The van der Waals surface area contributed by atoms with Crippen molar-refractivity contribution in [2.24, 2.45) is 0 Å². The zero-order chi connectivity index (χ0) is 12.4. The number of thiazole rings is 1. The molecule has 0 amide bonds. The number of aryl methyl sites for hydroxylation is 1. The lowest BCUT2D eigenvalue weighted by Crippen LogP contribution is -2.01. The van der Waals surface area contributed by atoms with Crippen LogP contribution >= 0.6 is 11.3 Å². The fourth-order valence-electron chi connectivity index (χ4n) is 1.26. The topological polar surface area (TPSA) is 69.4 Å². The Morgan fingerprint density at radius 3 is 2.65 bits per heavy atom. The molecule has 6 heteroatoms. The summed E-state index contributed by atoms with van der Waals surface area (Å²) in [6.07, 6.45) is 0. The average molecular weight is 251 g/mol. The molecule has 2 heterocycles. The van der Waals surface area contributed by atoms with Crippen LogP contribution in [0.4, 0.5) is 0 Å². The molecule has 2 rings (SSSR count). The molecule has 88 valence electrons. The van der Waals surface area contributed by atoms with Crippen LogP contribution in [0.3, 0.4) is 0 Å². The number of methoxy groups -OCH3 is 1. The Bertz CT molecular complexity index is 570. The molecule has 0 saturated heterocycles. The van der Waals surface area contributed by atoms with E-state index in [2.05, 4.69) is 9.72 Å². The van der Waals surface area contributed by atoms with Gasteiger partial charge in [0.25, 0.3) is 0 Å². The van der Waals surface area contributed by atoms with E-state index < -0.39 is 5.97 Å².